The first kappa shape index (κ1) is 27.2. The summed E-state index contributed by atoms with van der Waals surface area (Å²) in [5, 5.41) is 12.7. The third-order valence-corrected chi connectivity index (χ3v) is 10.9. The highest BCUT2D eigenvalue weighted by Crippen LogP contribution is 2.68. The van der Waals surface area contributed by atoms with E-state index in [1.807, 2.05) is 24.5 Å². The number of fused-ring (bicyclic) bond motifs is 1. The summed E-state index contributed by atoms with van der Waals surface area (Å²) in [6.45, 7) is 4.45. The minimum atomic E-state index is -0.486. The van der Waals surface area contributed by atoms with Crippen LogP contribution in [0.15, 0.2) is 72.2 Å². The Kier molecular flexibility index (Phi) is 7.42. The van der Waals surface area contributed by atoms with Gasteiger partial charge in [-0.05, 0) is 105 Å². The molecule has 2 aromatic rings. The van der Waals surface area contributed by atoms with Gasteiger partial charge in [0.2, 0.25) is 5.91 Å². The summed E-state index contributed by atoms with van der Waals surface area (Å²) in [4.78, 5) is 24.6. The van der Waals surface area contributed by atoms with E-state index in [4.69, 9.17) is 11.6 Å². The van der Waals surface area contributed by atoms with Crippen molar-refractivity contribution in [3.63, 3.8) is 0 Å². The molecule has 1 aromatic carbocycles. The van der Waals surface area contributed by atoms with Crippen molar-refractivity contribution >= 4 is 17.5 Å². The number of aliphatic hydroxyl groups excluding tert-OH is 1. The molecule has 7 heteroatoms. The fourth-order valence-corrected chi connectivity index (χ4v) is 8.40. The van der Waals surface area contributed by atoms with E-state index in [2.05, 4.69) is 56.1 Å². The van der Waals surface area contributed by atoms with E-state index in [1.54, 1.807) is 0 Å². The number of hydrogen-bond donors (Lipinski definition) is 1. The minimum absolute atomic E-state index is 0.135. The number of pyridine rings is 1. The Hall–Kier alpha value is -2.67. The van der Waals surface area contributed by atoms with Gasteiger partial charge < -0.3 is 14.9 Å². The van der Waals surface area contributed by atoms with E-state index in [0.717, 1.165) is 89.1 Å². The average molecular weight is 573 g/mol. The molecule has 1 aromatic heterocycles. The molecule has 3 fully saturated rings. The van der Waals surface area contributed by atoms with Crippen molar-refractivity contribution in [2.45, 2.75) is 70.2 Å². The number of nitrogens with zero attached hydrogens (tertiary/aromatic N) is 4. The first-order valence-electron chi connectivity index (χ1n) is 15.5. The van der Waals surface area contributed by atoms with Crippen LogP contribution in [0.5, 0.6) is 0 Å². The zero-order valence-electron chi connectivity index (χ0n) is 23.8. The molecule has 0 radical (unpaired) electrons. The van der Waals surface area contributed by atoms with Crippen molar-refractivity contribution < 1.29 is 9.90 Å². The fraction of sp³-hybridized carbons (Fsp3) is 0.529. The average Bonchev–Trinajstić information content (AvgIpc) is 3.68. The van der Waals surface area contributed by atoms with E-state index in [-0.39, 0.29) is 17.4 Å². The normalized spacial score (nSPS) is 28.9. The predicted molar refractivity (Wildman–Crippen MR) is 161 cm³/mol. The molecule has 1 amide bonds. The lowest BCUT2D eigenvalue weighted by Gasteiger charge is -2.43. The summed E-state index contributed by atoms with van der Waals surface area (Å²) in [6.07, 6.45) is 15.5. The van der Waals surface area contributed by atoms with E-state index < -0.39 is 6.23 Å². The molecule has 41 heavy (non-hydrogen) atoms. The van der Waals surface area contributed by atoms with Crippen LogP contribution in [0.3, 0.4) is 0 Å². The van der Waals surface area contributed by atoms with Crippen LogP contribution in [0.2, 0.25) is 5.02 Å². The number of aliphatic hydroxyl groups is 1. The number of piperidine rings is 2. The molecule has 5 aliphatic rings. The number of allylic oxidation sites excluding steroid dienone is 3. The van der Waals surface area contributed by atoms with Crippen molar-refractivity contribution in [2.75, 3.05) is 26.2 Å². The maximum atomic E-state index is 13.5. The van der Waals surface area contributed by atoms with Gasteiger partial charge >= 0.3 is 0 Å². The van der Waals surface area contributed by atoms with Gasteiger partial charge in [0.05, 0.1) is 0 Å². The number of amides is 1. The van der Waals surface area contributed by atoms with Gasteiger partial charge in [0.15, 0.2) is 0 Å². The summed E-state index contributed by atoms with van der Waals surface area (Å²) >= 11 is 6.52. The Bertz CT molecular complexity index is 1330. The first-order valence-corrected chi connectivity index (χ1v) is 15.9. The highest BCUT2D eigenvalue weighted by molar-refractivity contribution is 6.31. The molecular formula is C34H41ClN4O2. The largest absolute Gasteiger partial charge is 0.373 e. The van der Waals surface area contributed by atoms with Gasteiger partial charge in [0.25, 0.3) is 0 Å². The Balaban J connectivity index is 0.966. The van der Waals surface area contributed by atoms with Gasteiger partial charge in [-0.3, -0.25) is 14.7 Å². The smallest absolute Gasteiger partial charge is 0.225 e. The highest BCUT2D eigenvalue weighted by atomic mass is 35.5. The van der Waals surface area contributed by atoms with E-state index in [9.17, 15) is 9.90 Å². The van der Waals surface area contributed by atoms with Crippen molar-refractivity contribution in [1.29, 1.82) is 0 Å². The number of halogens is 1. The Morgan fingerprint density at radius 2 is 1.78 bits per heavy atom. The Morgan fingerprint density at radius 3 is 2.54 bits per heavy atom. The molecule has 7 rings (SSSR count). The molecule has 2 unspecified atom stereocenters. The first-order chi connectivity index (χ1) is 20.0. The Labute approximate surface area is 248 Å². The van der Waals surface area contributed by atoms with Crippen LogP contribution in [0.1, 0.15) is 56.1 Å². The number of carbonyl (C=O) groups is 1. The number of aromatic nitrogens is 1. The van der Waals surface area contributed by atoms with Crippen LogP contribution in [-0.2, 0) is 17.8 Å². The molecule has 1 N–H and O–H groups in total. The number of carbonyl (C=O) groups excluding carboxylic acids is 1. The lowest BCUT2D eigenvalue weighted by atomic mass is 9.88. The topological polar surface area (TPSA) is 59.9 Å². The molecule has 6 nitrogen and oxygen atoms in total. The molecule has 0 bridgehead atoms. The molecule has 216 valence electrons. The third-order valence-electron chi connectivity index (χ3n) is 10.5. The van der Waals surface area contributed by atoms with Crippen LogP contribution in [-0.4, -0.2) is 69.1 Å². The molecule has 3 aliphatic heterocycles. The van der Waals surface area contributed by atoms with Crippen LogP contribution in [0.25, 0.3) is 0 Å². The summed E-state index contributed by atoms with van der Waals surface area (Å²) < 4.78 is 0. The monoisotopic (exact) mass is 572 g/mol. The van der Waals surface area contributed by atoms with Gasteiger partial charge in [0, 0.05) is 60.1 Å². The second kappa shape index (κ2) is 11.2. The van der Waals surface area contributed by atoms with Crippen LogP contribution >= 0.6 is 11.6 Å². The standard InChI is InChI=1S/C34H41ClN4O2/c35-30-7-3-1-5-26(30)21-27-22-34(27)29-6-2-4-8-31(29)39(33(34)41)28-13-19-38(20-14-28)32(40)25-11-17-37(18-12-25)23-24-9-15-36-16-10-24/h1-3,5-7,9-10,15-16,25,27-28,33,41H,4,8,11-14,17-23H2/t27?,33?,34-/m1/s1. The van der Waals surface area contributed by atoms with E-state index in [0.29, 0.717) is 11.8 Å². The third kappa shape index (κ3) is 5.02. The van der Waals surface area contributed by atoms with Gasteiger partial charge in [-0.15, -0.1) is 0 Å². The van der Waals surface area contributed by atoms with Crippen molar-refractivity contribution in [3.05, 3.63) is 88.4 Å². The van der Waals surface area contributed by atoms with E-state index in [1.165, 1.54) is 22.4 Å². The molecule has 3 atom stereocenters. The molecular weight excluding hydrogens is 532 g/mol. The lowest BCUT2D eigenvalue weighted by Crippen LogP contribution is -2.51. The van der Waals surface area contributed by atoms with Crippen molar-refractivity contribution in [3.8, 4) is 0 Å². The van der Waals surface area contributed by atoms with E-state index >= 15 is 0 Å². The zero-order chi connectivity index (χ0) is 28.0. The summed E-state index contributed by atoms with van der Waals surface area (Å²) in [7, 11) is 0. The second-order valence-electron chi connectivity index (χ2n) is 12.8. The van der Waals surface area contributed by atoms with Crippen LogP contribution in [0, 0.1) is 17.3 Å². The van der Waals surface area contributed by atoms with Crippen LogP contribution < -0.4 is 0 Å². The van der Waals surface area contributed by atoms with Crippen LogP contribution in [0.4, 0.5) is 0 Å². The Morgan fingerprint density at radius 1 is 1.02 bits per heavy atom. The van der Waals surface area contributed by atoms with Gasteiger partial charge in [-0.25, -0.2) is 0 Å². The molecule has 2 aliphatic carbocycles. The highest BCUT2D eigenvalue weighted by Gasteiger charge is 2.66. The second-order valence-corrected chi connectivity index (χ2v) is 13.2. The van der Waals surface area contributed by atoms with Gasteiger partial charge in [-0.2, -0.15) is 0 Å². The minimum Gasteiger partial charge on any atom is -0.373 e. The maximum Gasteiger partial charge on any atom is 0.225 e. The quantitative estimate of drug-likeness (QED) is 0.500. The maximum absolute atomic E-state index is 13.5. The summed E-state index contributed by atoms with van der Waals surface area (Å²) in [5.74, 6) is 0.880. The molecule has 1 spiro atoms. The number of hydrogen-bond acceptors (Lipinski definition) is 5. The van der Waals surface area contributed by atoms with Crippen molar-refractivity contribution in [1.82, 2.24) is 19.7 Å². The zero-order valence-corrected chi connectivity index (χ0v) is 24.6. The fourth-order valence-electron chi connectivity index (χ4n) is 8.18. The summed E-state index contributed by atoms with van der Waals surface area (Å²) in [5.41, 5.74) is 5.01. The predicted octanol–water partition coefficient (Wildman–Crippen LogP) is 5.43. The van der Waals surface area contributed by atoms with Gasteiger partial charge in [-0.1, -0.05) is 42.0 Å². The summed E-state index contributed by atoms with van der Waals surface area (Å²) in [6, 6.07) is 12.6. The number of likely N-dealkylation sites (tertiary alicyclic amines) is 2. The van der Waals surface area contributed by atoms with Crippen molar-refractivity contribution in [2.24, 2.45) is 17.3 Å². The molecule has 1 saturated carbocycles. The number of benzene rings is 1. The lowest BCUT2D eigenvalue weighted by molar-refractivity contribution is -0.139. The number of rotatable bonds is 6. The van der Waals surface area contributed by atoms with Gasteiger partial charge in [0.1, 0.15) is 6.23 Å². The molecule has 4 heterocycles. The molecule has 2 saturated heterocycles. The SMILES string of the molecule is O=C(C1CCN(Cc2ccncc2)CC1)N1CCC(N2C3=C(C=CCC3)[C@]3(CC3Cc3ccccc3Cl)C2O)CC1.